The molecule has 0 aliphatic rings. The van der Waals surface area contributed by atoms with Crippen LogP contribution in [0.15, 0.2) is 49.2 Å². The zero-order chi connectivity index (χ0) is 21.2. The fourth-order valence-corrected chi connectivity index (χ4v) is 2.45. The van der Waals surface area contributed by atoms with Crippen LogP contribution in [0.25, 0.3) is 0 Å². The summed E-state index contributed by atoms with van der Waals surface area (Å²) in [4.78, 5) is 7.35. The van der Waals surface area contributed by atoms with Crippen molar-refractivity contribution in [2.45, 2.75) is 25.0 Å². The molecule has 6 nitrogen and oxygen atoms in total. The summed E-state index contributed by atoms with van der Waals surface area (Å²) in [5.41, 5.74) is -2.63. The first-order valence-electron chi connectivity index (χ1n) is 7.97. The largest absolute Gasteiger partial charge is 0.439 e. The number of hydrogen-bond donors (Lipinski definition) is 1. The first-order chi connectivity index (χ1) is 13.5. The normalized spacial score (nSPS) is 13.3. The Kier molecular flexibility index (Phi) is 5.46. The van der Waals surface area contributed by atoms with E-state index in [-0.39, 0.29) is 12.3 Å². The lowest BCUT2D eigenvalue weighted by Gasteiger charge is -2.18. The molecule has 154 valence electrons. The van der Waals surface area contributed by atoms with E-state index in [4.69, 9.17) is 4.74 Å². The number of ether oxygens (including phenoxy) is 1. The number of benzene rings is 1. The number of alkyl halides is 6. The molecule has 2 aromatic heterocycles. The van der Waals surface area contributed by atoms with E-state index in [1.54, 1.807) is 0 Å². The van der Waals surface area contributed by atoms with Gasteiger partial charge in [-0.05, 0) is 24.3 Å². The van der Waals surface area contributed by atoms with Crippen molar-refractivity contribution >= 4 is 0 Å². The van der Waals surface area contributed by atoms with Gasteiger partial charge in [0.1, 0.15) is 24.5 Å². The summed E-state index contributed by atoms with van der Waals surface area (Å²) >= 11 is 0. The Labute approximate surface area is 159 Å². The van der Waals surface area contributed by atoms with Crippen LogP contribution in [0.1, 0.15) is 22.8 Å². The summed E-state index contributed by atoms with van der Waals surface area (Å²) in [7, 11) is 0. The maximum absolute atomic E-state index is 13.4. The summed E-state index contributed by atoms with van der Waals surface area (Å²) < 4.78 is 84.3. The van der Waals surface area contributed by atoms with E-state index >= 15 is 0 Å². The van der Waals surface area contributed by atoms with E-state index in [0.717, 1.165) is 41.5 Å². The minimum atomic E-state index is -4.83. The van der Waals surface area contributed by atoms with E-state index in [0.29, 0.717) is 6.07 Å². The molecular weight excluding hydrogens is 406 g/mol. The molecule has 0 aliphatic carbocycles. The SMILES string of the molecule is OC(Cn1cncn1)c1cnc(Oc2ccc(C(F)(F)F)cc2)cc1C(F)(F)F. The smallest absolute Gasteiger partial charge is 0.417 e. The lowest BCUT2D eigenvalue weighted by molar-refractivity contribution is -0.139. The van der Waals surface area contributed by atoms with Crippen molar-refractivity contribution in [3.8, 4) is 11.6 Å². The molecule has 0 saturated heterocycles. The highest BCUT2D eigenvalue weighted by Crippen LogP contribution is 2.37. The maximum atomic E-state index is 13.4. The molecule has 3 aromatic rings. The Morgan fingerprint density at radius 1 is 1.03 bits per heavy atom. The Hall–Kier alpha value is -3.15. The number of halogens is 6. The third-order valence-corrected chi connectivity index (χ3v) is 3.80. The number of aliphatic hydroxyl groups is 1. The fourth-order valence-electron chi connectivity index (χ4n) is 2.45. The van der Waals surface area contributed by atoms with Crippen LogP contribution < -0.4 is 4.74 Å². The summed E-state index contributed by atoms with van der Waals surface area (Å²) in [6.07, 6.45) is -7.78. The second kappa shape index (κ2) is 7.70. The number of aliphatic hydroxyl groups excluding tert-OH is 1. The van der Waals surface area contributed by atoms with Gasteiger partial charge in [-0.25, -0.2) is 9.97 Å². The molecule has 2 heterocycles. The lowest BCUT2D eigenvalue weighted by Crippen LogP contribution is -2.16. The van der Waals surface area contributed by atoms with Crippen molar-refractivity contribution in [3.05, 3.63) is 65.9 Å². The third kappa shape index (κ3) is 5.02. The molecule has 0 bridgehead atoms. The van der Waals surface area contributed by atoms with Gasteiger partial charge in [0.2, 0.25) is 5.88 Å². The summed E-state index contributed by atoms with van der Waals surface area (Å²) in [6, 6.07) is 3.96. The van der Waals surface area contributed by atoms with Gasteiger partial charge >= 0.3 is 12.4 Å². The highest BCUT2D eigenvalue weighted by Gasteiger charge is 2.36. The Morgan fingerprint density at radius 3 is 2.28 bits per heavy atom. The molecule has 0 aliphatic heterocycles. The van der Waals surface area contributed by atoms with Crippen molar-refractivity contribution in [2.75, 3.05) is 0 Å². The van der Waals surface area contributed by atoms with Gasteiger partial charge in [0.05, 0.1) is 17.7 Å². The highest BCUT2D eigenvalue weighted by atomic mass is 19.4. The van der Waals surface area contributed by atoms with Gasteiger partial charge in [-0.1, -0.05) is 0 Å². The highest BCUT2D eigenvalue weighted by molar-refractivity contribution is 5.37. The van der Waals surface area contributed by atoms with Crippen molar-refractivity contribution in [2.24, 2.45) is 0 Å². The van der Waals surface area contributed by atoms with Crippen LogP contribution in [0.4, 0.5) is 26.3 Å². The fraction of sp³-hybridized carbons (Fsp3) is 0.235. The molecule has 12 heteroatoms. The topological polar surface area (TPSA) is 73.1 Å². The number of hydrogen-bond acceptors (Lipinski definition) is 5. The standard InChI is InChI=1S/C17H12F6N4O2/c18-16(19,20)10-1-3-11(4-2-10)29-15-5-13(17(21,22)23)12(6-25-15)14(28)7-27-9-24-8-26-27/h1-6,8-9,14,28H,7H2. The molecule has 0 fully saturated rings. The van der Waals surface area contributed by atoms with E-state index in [2.05, 4.69) is 15.1 Å². The summed E-state index contributed by atoms with van der Waals surface area (Å²) in [5, 5.41) is 13.9. The minimum Gasteiger partial charge on any atom is -0.439 e. The van der Waals surface area contributed by atoms with Crippen LogP contribution in [-0.2, 0) is 18.9 Å². The van der Waals surface area contributed by atoms with Gasteiger partial charge < -0.3 is 9.84 Å². The van der Waals surface area contributed by atoms with Crippen molar-refractivity contribution in [3.63, 3.8) is 0 Å². The van der Waals surface area contributed by atoms with Crippen molar-refractivity contribution in [1.29, 1.82) is 0 Å². The van der Waals surface area contributed by atoms with Gasteiger partial charge in [0, 0.05) is 17.8 Å². The summed E-state index contributed by atoms with van der Waals surface area (Å²) in [5.74, 6) is -0.622. The van der Waals surface area contributed by atoms with Crippen LogP contribution in [0.3, 0.4) is 0 Å². The van der Waals surface area contributed by atoms with E-state index in [1.807, 2.05) is 0 Å². The second-order valence-corrected chi connectivity index (χ2v) is 5.87. The molecular formula is C17H12F6N4O2. The number of nitrogens with zero attached hydrogens (tertiary/aromatic N) is 4. The minimum absolute atomic E-state index is 0.130. The van der Waals surface area contributed by atoms with E-state index < -0.39 is 41.0 Å². The van der Waals surface area contributed by atoms with Gasteiger partial charge in [-0.2, -0.15) is 31.4 Å². The van der Waals surface area contributed by atoms with Gasteiger partial charge in [-0.3, -0.25) is 4.68 Å². The number of pyridine rings is 1. The average Bonchev–Trinajstić information content (AvgIpc) is 3.13. The molecule has 0 saturated carbocycles. The molecule has 0 radical (unpaired) electrons. The van der Waals surface area contributed by atoms with Gasteiger partial charge in [-0.15, -0.1) is 0 Å². The zero-order valence-corrected chi connectivity index (χ0v) is 14.3. The van der Waals surface area contributed by atoms with Crippen molar-refractivity contribution in [1.82, 2.24) is 19.7 Å². The predicted octanol–water partition coefficient (Wildman–Crippen LogP) is 4.24. The van der Waals surface area contributed by atoms with E-state index in [1.165, 1.54) is 6.33 Å². The second-order valence-electron chi connectivity index (χ2n) is 5.87. The molecule has 0 amide bonds. The van der Waals surface area contributed by atoms with Crippen LogP contribution >= 0.6 is 0 Å². The summed E-state index contributed by atoms with van der Waals surface area (Å²) in [6.45, 7) is -0.288. The Balaban J connectivity index is 1.85. The number of aromatic nitrogens is 4. The van der Waals surface area contributed by atoms with Crippen LogP contribution in [0.2, 0.25) is 0 Å². The third-order valence-electron chi connectivity index (χ3n) is 3.80. The monoisotopic (exact) mass is 418 g/mol. The van der Waals surface area contributed by atoms with E-state index in [9.17, 15) is 31.4 Å². The molecule has 1 aromatic carbocycles. The molecule has 3 rings (SSSR count). The maximum Gasteiger partial charge on any atom is 0.417 e. The quantitative estimate of drug-likeness (QED) is 0.628. The lowest BCUT2D eigenvalue weighted by atomic mass is 10.0. The predicted molar refractivity (Wildman–Crippen MR) is 85.7 cm³/mol. The first-order valence-corrected chi connectivity index (χ1v) is 7.97. The molecule has 1 atom stereocenters. The van der Waals surface area contributed by atoms with Gasteiger partial charge in [0.15, 0.2) is 0 Å². The molecule has 29 heavy (non-hydrogen) atoms. The Bertz CT molecular complexity index is 956. The Morgan fingerprint density at radius 2 is 1.72 bits per heavy atom. The molecule has 1 N–H and O–H groups in total. The molecule has 0 spiro atoms. The van der Waals surface area contributed by atoms with Crippen LogP contribution in [0.5, 0.6) is 11.6 Å². The average molecular weight is 418 g/mol. The van der Waals surface area contributed by atoms with Crippen LogP contribution in [-0.4, -0.2) is 24.9 Å². The van der Waals surface area contributed by atoms with Gasteiger partial charge in [0.25, 0.3) is 0 Å². The van der Waals surface area contributed by atoms with Crippen LogP contribution in [0, 0.1) is 0 Å². The molecule has 1 unspecified atom stereocenters. The number of rotatable bonds is 5. The zero-order valence-electron chi connectivity index (χ0n) is 14.3. The first kappa shape index (κ1) is 20.6. The van der Waals surface area contributed by atoms with Crippen molar-refractivity contribution < 1.29 is 36.2 Å².